The Balaban J connectivity index is 0.963. The Bertz CT molecular complexity index is 2370. The van der Waals surface area contributed by atoms with Crippen LogP contribution in [0, 0.1) is 0 Å². The van der Waals surface area contributed by atoms with Gasteiger partial charge in [-0.25, -0.2) is 9.97 Å². The molecule has 3 aliphatic rings. The molecule has 0 bridgehead atoms. The van der Waals surface area contributed by atoms with E-state index in [1.54, 1.807) is 37.1 Å². The number of amides is 5. The first-order valence-electron chi connectivity index (χ1n) is 18.6. The number of benzene rings is 2. The van der Waals surface area contributed by atoms with E-state index in [0.29, 0.717) is 72.6 Å². The van der Waals surface area contributed by atoms with Crippen molar-refractivity contribution in [3.63, 3.8) is 0 Å². The van der Waals surface area contributed by atoms with Gasteiger partial charge >= 0.3 is 6.18 Å². The molecule has 2 aromatic heterocycles. The molecule has 2 atom stereocenters. The number of hydrogen-bond acceptors (Lipinski definition) is 11. The van der Waals surface area contributed by atoms with E-state index in [-0.39, 0.29) is 53.5 Å². The van der Waals surface area contributed by atoms with Gasteiger partial charge in [0.25, 0.3) is 17.4 Å². The van der Waals surface area contributed by atoms with Gasteiger partial charge in [-0.2, -0.15) is 13.2 Å². The molecule has 2 aromatic carbocycles. The van der Waals surface area contributed by atoms with Crippen LogP contribution in [0.25, 0.3) is 11.0 Å². The van der Waals surface area contributed by atoms with Crippen molar-refractivity contribution < 1.29 is 37.1 Å². The van der Waals surface area contributed by atoms with Crippen molar-refractivity contribution in [2.45, 2.75) is 69.6 Å². The standard InChI is InChI=1S/C39H40F3N9O6/c1-20(22-15-23(39(40,41)42)17-24(43)16-22)47-33-27-18-26(36(55)49(2)34(27)46-19-45-33)21-10-13-50(14-11-21)31(53)7-4-12-44-28-6-3-5-25-32(28)38(57)51(37(25)56)29-8-9-30(52)48-35(29)54/h3,5-6,15-21,29,44H,4,7-14,43H2,1-2H3,(H,45,46,47)(H,48,52,54)/t20-,29?/m1/s1. The maximum Gasteiger partial charge on any atom is 0.416 e. The number of fused-ring (bicyclic) bond motifs is 2. The molecule has 15 nitrogen and oxygen atoms in total. The summed E-state index contributed by atoms with van der Waals surface area (Å²) in [6, 6.07) is 8.18. The lowest BCUT2D eigenvalue weighted by Gasteiger charge is -2.32. The zero-order chi connectivity index (χ0) is 40.8. The molecule has 298 valence electrons. The number of hydrogen-bond donors (Lipinski definition) is 4. The summed E-state index contributed by atoms with van der Waals surface area (Å²) in [5.41, 5.74) is 6.55. The zero-order valence-corrected chi connectivity index (χ0v) is 31.1. The molecule has 2 fully saturated rings. The first-order valence-corrected chi connectivity index (χ1v) is 18.6. The molecule has 0 radical (unpaired) electrons. The Hall–Kier alpha value is -6.33. The van der Waals surface area contributed by atoms with Crippen LogP contribution >= 0.6 is 0 Å². The van der Waals surface area contributed by atoms with Gasteiger partial charge in [-0.15, -0.1) is 0 Å². The number of alkyl halides is 3. The van der Waals surface area contributed by atoms with Crippen LogP contribution in [0.15, 0.2) is 53.6 Å². The van der Waals surface area contributed by atoms with Gasteiger partial charge in [0, 0.05) is 56.5 Å². The third-order valence-corrected chi connectivity index (χ3v) is 10.8. The molecule has 2 saturated heterocycles. The van der Waals surface area contributed by atoms with Crippen LogP contribution in [0.5, 0.6) is 0 Å². The van der Waals surface area contributed by atoms with Gasteiger partial charge in [-0.05, 0) is 80.5 Å². The minimum atomic E-state index is -4.57. The maximum atomic E-state index is 13.5. The molecule has 1 unspecified atom stereocenters. The van der Waals surface area contributed by atoms with E-state index in [0.717, 1.165) is 17.0 Å². The van der Waals surface area contributed by atoms with Crippen LogP contribution in [-0.2, 0) is 27.6 Å². The van der Waals surface area contributed by atoms with Gasteiger partial charge in [0.2, 0.25) is 17.7 Å². The highest BCUT2D eigenvalue weighted by molar-refractivity contribution is 6.25. The van der Waals surface area contributed by atoms with Crippen LogP contribution < -0.4 is 27.2 Å². The third-order valence-electron chi connectivity index (χ3n) is 10.8. The summed E-state index contributed by atoms with van der Waals surface area (Å²) < 4.78 is 41.9. The fourth-order valence-electron chi connectivity index (χ4n) is 7.80. The third kappa shape index (κ3) is 7.62. The number of aromatic nitrogens is 3. The molecule has 3 aliphatic heterocycles. The summed E-state index contributed by atoms with van der Waals surface area (Å²) in [6.45, 7) is 2.84. The number of nitrogen functional groups attached to an aromatic ring is 1. The summed E-state index contributed by atoms with van der Waals surface area (Å²) >= 11 is 0. The Labute approximate surface area is 323 Å². The van der Waals surface area contributed by atoms with Crippen molar-refractivity contribution in [1.82, 2.24) is 29.7 Å². The monoisotopic (exact) mass is 787 g/mol. The molecule has 4 aromatic rings. The first-order chi connectivity index (χ1) is 27.1. The lowest BCUT2D eigenvalue weighted by atomic mass is 9.89. The number of nitrogens with zero attached hydrogens (tertiary/aromatic N) is 5. The topological polar surface area (TPSA) is 202 Å². The highest BCUT2D eigenvalue weighted by atomic mass is 19.4. The molecule has 5 heterocycles. The Morgan fingerprint density at radius 3 is 2.49 bits per heavy atom. The van der Waals surface area contributed by atoms with Crippen molar-refractivity contribution in [1.29, 1.82) is 0 Å². The van der Waals surface area contributed by atoms with Crippen LogP contribution in [-0.4, -0.2) is 79.5 Å². The van der Waals surface area contributed by atoms with Crippen molar-refractivity contribution in [2.75, 3.05) is 36.0 Å². The minimum Gasteiger partial charge on any atom is -0.399 e. The highest BCUT2D eigenvalue weighted by Gasteiger charge is 2.45. The van der Waals surface area contributed by atoms with Gasteiger partial charge in [-0.1, -0.05) is 6.07 Å². The number of carbonyl (C=O) groups excluding carboxylic acids is 5. The average molecular weight is 788 g/mol. The molecule has 0 saturated carbocycles. The van der Waals surface area contributed by atoms with Crippen molar-refractivity contribution in [3.8, 4) is 0 Å². The van der Waals surface area contributed by atoms with Gasteiger partial charge in [0.15, 0.2) is 0 Å². The molecule has 57 heavy (non-hydrogen) atoms. The summed E-state index contributed by atoms with van der Waals surface area (Å²) in [6.07, 6.45) is -1.54. The Morgan fingerprint density at radius 2 is 1.77 bits per heavy atom. The van der Waals surface area contributed by atoms with Crippen LogP contribution in [0.2, 0.25) is 0 Å². The van der Waals surface area contributed by atoms with E-state index in [1.165, 1.54) is 23.0 Å². The minimum absolute atomic E-state index is 0.0180. The van der Waals surface area contributed by atoms with Crippen LogP contribution in [0.4, 0.5) is 30.4 Å². The van der Waals surface area contributed by atoms with Gasteiger partial charge in [0.05, 0.1) is 28.1 Å². The van der Waals surface area contributed by atoms with Gasteiger partial charge < -0.3 is 21.3 Å². The SMILES string of the molecule is C[C@@H](Nc1ncnc2c1cc(C1CCN(C(=O)CCCNc3cccc4c3C(=O)N(C3CCC(=O)NC3=O)C4=O)CC1)c(=O)n2C)c1cc(N)cc(C(F)(F)F)c1. The fraction of sp³-hybridized carbons (Fsp3) is 0.385. The summed E-state index contributed by atoms with van der Waals surface area (Å²) in [5, 5.41) is 9.03. The van der Waals surface area contributed by atoms with Crippen molar-refractivity contribution >= 4 is 57.8 Å². The van der Waals surface area contributed by atoms with E-state index in [1.807, 2.05) is 0 Å². The predicted octanol–water partition coefficient (Wildman–Crippen LogP) is 4.10. The molecule has 7 rings (SSSR count). The van der Waals surface area contributed by atoms with Crippen LogP contribution in [0.1, 0.15) is 94.8 Å². The molecular weight excluding hydrogens is 747 g/mol. The van der Waals surface area contributed by atoms with E-state index >= 15 is 0 Å². The number of anilines is 3. The number of halogens is 3. The van der Waals surface area contributed by atoms with E-state index < -0.39 is 47.5 Å². The molecule has 0 aliphatic carbocycles. The number of aryl methyl sites for hydroxylation is 1. The Kier molecular flexibility index (Phi) is 10.5. The number of pyridine rings is 1. The van der Waals surface area contributed by atoms with E-state index in [4.69, 9.17) is 5.73 Å². The lowest BCUT2D eigenvalue weighted by Crippen LogP contribution is -2.54. The summed E-state index contributed by atoms with van der Waals surface area (Å²) in [5.74, 6) is -2.28. The quantitative estimate of drug-likeness (QED) is 0.102. The van der Waals surface area contributed by atoms with E-state index in [2.05, 4.69) is 25.9 Å². The normalized spacial score (nSPS) is 18.2. The fourth-order valence-corrected chi connectivity index (χ4v) is 7.80. The van der Waals surface area contributed by atoms with Crippen molar-refractivity contribution in [2.24, 2.45) is 7.05 Å². The second-order valence-electron chi connectivity index (χ2n) is 14.5. The molecular formula is C39H40F3N9O6. The molecule has 5 amide bonds. The van der Waals surface area contributed by atoms with Gasteiger partial charge in [0.1, 0.15) is 23.8 Å². The summed E-state index contributed by atoms with van der Waals surface area (Å²) in [4.78, 5) is 88.6. The van der Waals surface area contributed by atoms with Crippen LogP contribution in [0.3, 0.4) is 0 Å². The number of piperidine rings is 2. The number of imide groups is 2. The Morgan fingerprint density at radius 1 is 1.02 bits per heavy atom. The number of likely N-dealkylation sites (tertiary alicyclic amines) is 1. The summed E-state index contributed by atoms with van der Waals surface area (Å²) in [7, 11) is 1.60. The smallest absolute Gasteiger partial charge is 0.399 e. The number of nitrogens with two attached hydrogens (primary N) is 1. The number of rotatable bonds is 10. The highest BCUT2D eigenvalue weighted by Crippen LogP contribution is 2.35. The molecule has 18 heteroatoms. The second kappa shape index (κ2) is 15.3. The largest absolute Gasteiger partial charge is 0.416 e. The van der Waals surface area contributed by atoms with E-state index in [9.17, 15) is 41.9 Å². The zero-order valence-electron chi connectivity index (χ0n) is 31.1. The van der Waals surface area contributed by atoms with Gasteiger partial charge in [-0.3, -0.25) is 43.6 Å². The number of nitrogens with one attached hydrogen (secondary N) is 3. The molecule has 5 N–H and O–H groups in total. The maximum absolute atomic E-state index is 13.5. The number of carbonyl (C=O) groups is 5. The predicted molar refractivity (Wildman–Crippen MR) is 202 cm³/mol. The first kappa shape index (κ1) is 38.9. The molecule has 0 spiro atoms. The lowest BCUT2D eigenvalue weighted by molar-refractivity contribution is -0.138. The van der Waals surface area contributed by atoms with Crippen molar-refractivity contribution in [3.05, 3.63) is 87.0 Å². The average Bonchev–Trinajstić information content (AvgIpc) is 3.43. The second-order valence-corrected chi connectivity index (χ2v) is 14.5.